The van der Waals surface area contributed by atoms with Crippen molar-refractivity contribution in [3.8, 4) is 5.75 Å². The lowest BCUT2D eigenvalue weighted by molar-refractivity contribution is -0.116. The third kappa shape index (κ3) is 4.61. The number of hydrogen-bond acceptors (Lipinski definition) is 5. The molecule has 7 heteroatoms. The van der Waals surface area contributed by atoms with Crippen LogP contribution in [0.4, 0.5) is 11.6 Å². The van der Waals surface area contributed by atoms with Crippen molar-refractivity contribution in [1.82, 2.24) is 9.97 Å². The quantitative estimate of drug-likeness (QED) is 0.654. The number of nitrogen functional groups attached to an aromatic ring is 1. The topological polar surface area (TPSA) is 90.1 Å². The van der Waals surface area contributed by atoms with Crippen LogP contribution < -0.4 is 15.8 Å². The van der Waals surface area contributed by atoms with E-state index in [4.69, 9.17) is 22.1 Å². The Morgan fingerprint density at radius 1 is 1.38 bits per heavy atom. The van der Waals surface area contributed by atoms with Crippen LogP contribution in [0.5, 0.6) is 5.75 Å². The molecule has 2 aromatic rings. The van der Waals surface area contributed by atoms with E-state index in [-0.39, 0.29) is 30.0 Å². The summed E-state index contributed by atoms with van der Waals surface area (Å²) in [6, 6.07) is 8.72. The van der Waals surface area contributed by atoms with Crippen molar-refractivity contribution in [2.24, 2.45) is 0 Å². The monoisotopic (exact) mass is 306 g/mol. The van der Waals surface area contributed by atoms with E-state index in [0.717, 1.165) is 0 Å². The number of carbonyl (C=O) groups excluding carboxylic acids is 1. The molecule has 3 N–H and O–H groups in total. The van der Waals surface area contributed by atoms with Gasteiger partial charge in [0.2, 0.25) is 11.9 Å². The number of nitrogens with zero attached hydrogens (tertiary/aromatic N) is 2. The number of aryl methyl sites for hydroxylation is 1. The van der Waals surface area contributed by atoms with E-state index in [9.17, 15) is 4.79 Å². The van der Waals surface area contributed by atoms with Crippen molar-refractivity contribution >= 4 is 29.1 Å². The zero-order valence-electron chi connectivity index (χ0n) is 11.5. The van der Waals surface area contributed by atoms with Crippen LogP contribution in [0.15, 0.2) is 30.3 Å². The second-order valence-electron chi connectivity index (χ2n) is 4.34. The minimum atomic E-state index is -0.258. The maximum atomic E-state index is 11.8. The highest BCUT2D eigenvalue weighted by molar-refractivity contribution is 6.29. The molecule has 2 rings (SSSR count). The Kier molecular flexibility index (Phi) is 4.94. The number of ether oxygens (including phenoxy) is 1. The van der Waals surface area contributed by atoms with Gasteiger partial charge in [-0.15, -0.1) is 0 Å². The van der Waals surface area contributed by atoms with E-state index in [2.05, 4.69) is 15.3 Å². The van der Waals surface area contributed by atoms with Crippen LogP contribution >= 0.6 is 11.6 Å². The summed E-state index contributed by atoms with van der Waals surface area (Å²) in [5.41, 5.74) is 6.95. The molecule has 1 aromatic carbocycles. The number of anilines is 2. The number of amides is 1. The second kappa shape index (κ2) is 6.90. The van der Waals surface area contributed by atoms with Gasteiger partial charge in [0.05, 0.1) is 18.7 Å². The first-order valence-corrected chi connectivity index (χ1v) is 6.71. The van der Waals surface area contributed by atoms with Gasteiger partial charge in [-0.05, 0) is 25.1 Å². The number of benzene rings is 1. The summed E-state index contributed by atoms with van der Waals surface area (Å²) >= 11 is 5.79. The summed E-state index contributed by atoms with van der Waals surface area (Å²) in [5, 5.41) is 2.85. The van der Waals surface area contributed by atoms with Gasteiger partial charge in [0.1, 0.15) is 10.9 Å². The molecule has 1 amide bonds. The fourth-order valence-electron chi connectivity index (χ4n) is 1.64. The molecular formula is C14H15ClN4O2. The number of carbonyl (C=O) groups is 1. The summed E-state index contributed by atoms with van der Waals surface area (Å²) in [4.78, 5) is 19.7. The van der Waals surface area contributed by atoms with E-state index in [1.54, 1.807) is 25.1 Å². The molecular weight excluding hydrogens is 292 g/mol. The Hall–Kier alpha value is -2.34. The van der Waals surface area contributed by atoms with Crippen molar-refractivity contribution in [3.05, 3.63) is 41.2 Å². The normalized spacial score (nSPS) is 10.2. The van der Waals surface area contributed by atoms with Crippen molar-refractivity contribution in [3.63, 3.8) is 0 Å². The van der Waals surface area contributed by atoms with E-state index in [1.165, 1.54) is 0 Å². The average molecular weight is 307 g/mol. The lowest BCUT2D eigenvalue weighted by atomic mass is 10.3. The molecule has 6 nitrogen and oxygen atoms in total. The predicted molar refractivity (Wildman–Crippen MR) is 81.4 cm³/mol. The predicted octanol–water partition coefficient (Wildman–Crippen LogP) is 2.43. The van der Waals surface area contributed by atoms with Gasteiger partial charge in [-0.3, -0.25) is 10.1 Å². The first-order chi connectivity index (χ1) is 10.0. The van der Waals surface area contributed by atoms with Crippen LogP contribution in [-0.2, 0) is 4.79 Å². The Bertz CT molecular complexity index is 628. The SMILES string of the molecule is Cc1cc(Cl)nc(NC(=O)CCOc2ccccc2N)n1. The summed E-state index contributed by atoms with van der Waals surface area (Å²) in [6.07, 6.45) is 0.156. The molecule has 0 radical (unpaired) electrons. The van der Waals surface area contributed by atoms with Crippen LogP contribution in [0.25, 0.3) is 0 Å². The Morgan fingerprint density at radius 2 is 2.14 bits per heavy atom. The minimum Gasteiger partial charge on any atom is -0.491 e. The summed E-state index contributed by atoms with van der Waals surface area (Å²) in [6.45, 7) is 1.98. The summed E-state index contributed by atoms with van der Waals surface area (Å²) in [7, 11) is 0. The first kappa shape index (κ1) is 15.1. The molecule has 0 aliphatic rings. The number of hydrogen-bond donors (Lipinski definition) is 2. The van der Waals surface area contributed by atoms with Crippen molar-refractivity contribution in [1.29, 1.82) is 0 Å². The van der Waals surface area contributed by atoms with Crippen LogP contribution in [0.1, 0.15) is 12.1 Å². The molecule has 21 heavy (non-hydrogen) atoms. The highest BCUT2D eigenvalue weighted by Gasteiger charge is 2.07. The summed E-state index contributed by atoms with van der Waals surface area (Å²) in [5.74, 6) is 0.482. The number of halogens is 1. The molecule has 0 saturated heterocycles. The van der Waals surface area contributed by atoms with E-state index >= 15 is 0 Å². The van der Waals surface area contributed by atoms with E-state index < -0.39 is 0 Å². The minimum absolute atomic E-state index is 0.156. The molecule has 110 valence electrons. The van der Waals surface area contributed by atoms with Gasteiger partial charge in [-0.1, -0.05) is 23.7 Å². The first-order valence-electron chi connectivity index (χ1n) is 6.33. The van der Waals surface area contributed by atoms with Gasteiger partial charge in [-0.25, -0.2) is 9.97 Å². The van der Waals surface area contributed by atoms with Crippen LogP contribution in [0.3, 0.4) is 0 Å². The molecule has 1 aromatic heterocycles. The second-order valence-corrected chi connectivity index (χ2v) is 4.73. The lowest BCUT2D eigenvalue weighted by Gasteiger charge is -2.08. The largest absolute Gasteiger partial charge is 0.491 e. The highest BCUT2D eigenvalue weighted by atomic mass is 35.5. The molecule has 0 bridgehead atoms. The van der Waals surface area contributed by atoms with Crippen molar-refractivity contribution in [2.45, 2.75) is 13.3 Å². The molecule has 1 heterocycles. The molecule has 0 unspecified atom stereocenters. The molecule has 0 spiro atoms. The third-order valence-corrected chi connectivity index (χ3v) is 2.77. The van der Waals surface area contributed by atoms with E-state index in [1.807, 2.05) is 12.1 Å². The van der Waals surface area contributed by atoms with Crippen molar-refractivity contribution in [2.75, 3.05) is 17.7 Å². The Balaban J connectivity index is 1.84. The van der Waals surface area contributed by atoms with E-state index in [0.29, 0.717) is 17.1 Å². The van der Waals surface area contributed by atoms with Gasteiger partial charge in [-0.2, -0.15) is 0 Å². The molecule has 0 atom stereocenters. The fraction of sp³-hybridized carbons (Fsp3) is 0.214. The lowest BCUT2D eigenvalue weighted by Crippen LogP contribution is -2.17. The smallest absolute Gasteiger partial charge is 0.231 e. The number of nitrogens with one attached hydrogen (secondary N) is 1. The Morgan fingerprint density at radius 3 is 2.86 bits per heavy atom. The molecule has 0 aliphatic heterocycles. The average Bonchev–Trinajstić information content (AvgIpc) is 2.39. The molecule has 0 fully saturated rings. The number of aromatic nitrogens is 2. The van der Waals surface area contributed by atoms with Crippen LogP contribution in [-0.4, -0.2) is 22.5 Å². The zero-order chi connectivity index (χ0) is 15.2. The van der Waals surface area contributed by atoms with Gasteiger partial charge >= 0.3 is 0 Å². The third-order valence-electron chi connectivity index (χ3n) is 2.58. The standard InChI is InChI=1S/C14H15ClN4O2/c1-9-8-12(15)18-14(17-9)19-13(20)6-7-21-11-5-3-2-4-10(11)16/h2-5,8H,6-7,16H2,1H3,(H,17,18,19,20). The highest BCUT2D eigenvalue weighted by Crippen LogP contribution is 2.19. The van der Waals surface area contributed by atoms with Gasteiger partial charge in [0.15, 0.2) is 0 Å². The molecule has 0 aliphatic carbocycles. The maximum absolute atomic E-state index is 11.8. The summed E-state index contributed by atoms with van der Waals surface area (Å²) < 4.78 is 5.44. The number of rotatable bonds is 5. The Labute approximate surface area is 127 Å². The maximum Gasteiger partial charge on any atom is 0.231 e. The molecule has 0 saturated carbocycles. The number of nitrogens with two attached hydrogens (primary N) is 1. The number of para-hydroxylation sites is 2. The fourth-order valence-corrected chi connectivity index (χ4v) is 1.88. The van der Waals surface area contributed by atoms with Gasteiger partial charge in [0.25, 0.3) is 0 Å². The van der Waals surface area contributed by atoms with Gasteiger partial charge in [0, 0.05) is 5.69 Å². The van der Waals surface area contributed by atoms with Crippen LogP contribution in [0.2, 0.25) is 5.15 Å². The zero-order valence-corrected chi connectivity index (χ0v) is 12.2. The van der Waals surface area contributed by atoms with Gasteiger partial charge < -0.3 is 10.5 Å². The van der Waals surface area contributed by atoms with Crippen LogP contribution in [0, 0.1) is 6.92 Å². The van der Waals surface area contributed by atoms with Crippen molar-refractivity contribution < 1.29 is 9.53 Å².